The number of aromatic nitrogens is 8. The Labute approximate surface area is 233 Å². The molecule has 5 heterocycles. The van der Waals surface area contributed by atoms with Gasteiger partial charge in [0.2, 0.25) is 11.8 Å². The van der Waals surface area contributed by atoms with Crippen LogP contribution in [0.1, 0.15) is 31.5 Å². The van der Waals surface area contributed by atoms with E-state index in [9.17, 15) is 9.90 Å². The van der Waals surface area contributed by atoms with Gasteiger partial charge in [-0.05, 0) is 43.7 Å². The Morgan fingerprint density at radius 3 is 2.59 bits per heavy atom. The van der Waals surface area contributed by atoms with Gasteiger partial charge in [-0.2, -0.15) is 4.98 Å². The predicted octanol–water partition coefficient (Wildman–Crippen LogP) is 4.10. The van der Waals surface area contributed by atoms with Gasteiger partial charge in [-0.3, -0.25) is 19.6 Å². The van der Waals surface area contributed by atoms with E-state index in [1.54, 1.807) is 41.5 Å². The van der Waals surface area contributed by atoms with Gasteiger partial charge in [0.1, 0.15) is 11.6 Å². The maximum absolute atomic E-state index is 12.3. The number of rotatable bonds is 9. The van der Waals surface area contributed by atoms with Gasteiger partial charge in [0.25, 0.3) is 11.4 Å². The van der Waals surface area contributed by atoms with Gasteiger partial charge in [0.05, 0.1) is 29.2 Å². The fourth-order valence-electron chi connectivity index (χ4n) is 4.32. The maximum atomic E-state index is 12.3. The van der Waals surface area contributed by atoms with E-state index in [1.807, 2.05) is 50.2 Å². The molecule has 13 heteroatoms. The number of pyridine rings is 2. The molecule has 0 aliphatic rings. The zero-order valence-corrected chi connectivity index (χ0v) is 22.2. The predicted molar refractivity (Wildman–Crippen MR) is 152 cm³/mol. The average Bonchev–Trinajstić information content (AvgIpc) is 3.62. The van der Waals surface area contributed by atoms with Crippen LogP contribution in [0.3, 0.4) is 0 Å². The summed E-state index contributed by atoms with van der Waals surface area (Å²) in [5.41, 5.74) is 2.28. The van der Waals surface area contributed by atoms with Crippen LogP contribution in [0.5, 0.6) is 0 Å². The molecule has 0 radical (unpaired) electrons. The smallest absolute Gasteiger partial charge is 0.273 e. The molecule has 0 amide bonds. The first kappa shape index (κ1) is 25.8. The number of benzene rings is 1. The molecule has 13 nitrogen and oxygen atoms in total. The van der Waals surface area contributed by atoms with Gasteiger partial charge in [-0.25, -0.2) is 9.97 Å². The minimum absolute atomic E-state index is 0.00801. The zero-order valence-electron chi connectivity index (χ0n) is 22.2. The van der Waals surface area contributed by atoms with Crippen molar-refractivity contribution in [3.05, 3.63) is 89.1 Å². The van der Waals surface area contributed by atoms with Crippen LogP contribution in [0.15, 0.2) is 82.4 Å². The van der Waals surface area contributed by atoms with E-state index >= 15 is 0 Å². The van der Waals surface area contributed by atoms with E-state index in [-0.39, 0.29) is 30.0 Å². The molecule has 6 aromatic rings. The molecule has 1 atom stereocenters. The number of nitrogens with one attached hydrogen (secondary N) is 3. The van der Waals surface area contributed by atoms with Crippen LogP contribution in [-0.2, 0) is 0 Å². The van der Waals surface area contributed by atoms with Crippen molar-refractivity contribution < 1.29 is 9.52 Å². The summed E-state index contributed by atoms with van der Waals surface area (Å²) in [7, 11) is 0. The van der Waals surface area contributed by atoms with Crippen LogP contribution in [0.4, 0.5) is 17.6 Å². The lowest BCUT2D eigenvalue weighted by Crippen LogP contribution is -2.17. The molecule has 5 aromatic heterocycles. The van der Waals surface area contributed by atoms with E-state index in [2.05, 4.69) is 45.9 Å². The number of aliphatic hydroxyl groups excluding tert-OH is 1. The summed E-state index contributed by atoms with van der Waals surface area (Å²) < 4.78 is 7.66. The molecule has 0 aliphatic carbocycles. The molecule has 0 saturated carbocycles. The van der Waals surface area contributed by atoms with Crippen molar-refractivity contribution in [3.8, 4) is 22.9 Å². The van der Waals surface area contributed by atoms with E-state index in [4.69, 9.17) is 4.42 Å². The summed E-state index contributed by atoms with van der Waals surface area (Å²) in [4.78, 5) is 30.2. The number of nitrogens with zero attached hydrogens (tertiary/aromatic N) is 7. The fraction of sp³-hybridized carbons (Fsp3) is 0.179. The highest BCUT2D eigenvalue weighted by atomic mass is 16.4. The highest BCUT2D eigenvalue weighted by molar-refractivity contribution is 5.77. The lowest BCUT2D eigenvalue weighted by molar-refractivity contribution is 0.276. The number of aromatic amines is 1. The topological polar surface area (TPSA) is 173 Å². The van der Waals surface area contributed by atoms with Gasteiger partial charge in [-0.15, -0.1) is 10.2 Å². The molecule has 1 aromatic carbocycles. The van der Waals surface area contributed by atoms with E-state index < -0.39 is 6.04 Å². The summed E-state index contributed by atoms with van der Waals surface area (Å²) in [6, 6.07) is 16.0. The molecule has 0 saturated heterocycles. The Balaban J connectivity index is 1.38. The first-order valence-electron chi connectivity index (χ1n) is 12.9. The van der Waals surface area contributed by atoms with Gasteiger partial charge >= 0.3 is 0 Å². The van der Waals surface area contributed by atoms with Crippen LogP contribution in [0, 0.1) is 0 Å². The fourth-order valence-corrected chi connectivity index (χ4v) is 4.32. The molecule has 4 N–H and O–H groups in total. The molecular formula is C28H26N10O3. The number of hydrogen-bond acceptors (Lipinski definition) is 11. The lowest BCUT2D eigenvalue weighted by atomic mass is 10.1. The van der Waals surface area contributed by atoms with Crippen molar-refractivity contribution in [2.24, 2.45) is 0 Å². The Bertz CT molecular complexity index is 1850. The number of aliphatic hydroxyl groups is 1. The van der Waals surface area contributed by atoms with Crippen LogP contribution in [-0.4, -0.2) is 51.6 Å². The standard InChI is InChI=1S/C28H26N10O3/c1-16(2)38-24-19(25(40)37-38)10-11-22(32-24)33-28-30-14-20(27-36-35-26(41-27)18-9-6-12-29-13-18)23(34-28)31-21(15-39)17-7-4-3-5-8-17/h3-14,16,21,39H,15H2,1-2H3,(H,37,40)(H2,30,31,32,33,34)/t21-/m1/s1. The van der Waals surface area contributed by atoms with Gasteiger partial charge in [-0.1, -0.05) is 30.3 Å². The van der Waals surface area contributed by atoms with Crippen molar-refractivity contribution in [1.29, 1.82) is 0 Å². The van der Waals surface area contributed by atoms with E-state index in [1.165, 1.54) is 0 Å². The highest BCUT2D eigenvalue weighted by Crippen LogP contribution is 2.31. The number of anilines is 3. The van der Waals surface area contributed by atoms with E-state index in [0.717, 1.165) is 5.56 Å². The quantitative estimate of drug-likeness (QED) is 0.204. The van der Waals surface area contributed by atoms with Crippen LogP contribution >= 0.6 is 0 Å². The Morgan fingerprint density at radius 1 is 1.00 bits per heavy atom. The van der Waals surface area contributed by atoms with Crippen molar-refractivity contribution in [2.45, 2.75) is 25.9 Å². The number of fused-ring (bicyclic) bond motifs is 1. The first-order chi connectivity index (χ1) is 20.0. The molecule has 206 valence electrons. The molecule has 0 fully saturated rings. The van der Waals surface area contributed by atoms with Crippen LogP contribution in [0.25, 0.3) is 33.9 Å². The van der Waals surface area contributed by atoms with Crippen molar-refractivity contribution in [3.63, 3.8) is 0 Å². The third kappa shape index (κ3) is 5.25. The third-order valence-electron chi connectivity index (χ3n) is 6.37. The molecule has 41 heavy (non-hydrogen) atoms. The second-order valence-corrected chi connectivity index (χ2v) is 9.50. The first-order valence-corrected chi connectivity index (χ1v) is 12.9. The number of H-pyrrole nitrogens is 1. The SMILES string of the molecule is CC(C)n1[nH]c(=O)c2ccc(Nc3ncc(-c4nnc(-c5cccnc5)o4)c(N[C@H](CO)c4ccccc4)n3)nc21. The van der Waals surface area contributed by atoms with Crippen molar-refractivity contribution in [2.75, 3.05) is 17.2 Å². The van der Waals surface area contributed by atoms with Crippen molar-refractivity contribution in [1.82, 2.24) is 39.9 Å². The third-order valence-corrected chi connectivity index (χ3v) is 6.37. The second-order valence-electron chi connectivity index (χ2n) is 9.50. The Kier molecular flexibility index (Phi) is 6.92. The molecular weight excluding hydrogens is 524 g/mol. The highest BCUT2D eigenvalue weighted by Gasteiger charge is 2.21. The van der Waals surface area contributed by atoms with Gasteiger partial charge in [0.15, 0.2) is 5.65 Å². The lowest BCUT2D eigenvalue weighted by Gasteiger charge is -2.19. The summed E-state index contributed by atoms with van der Waals surface area (Å²) in [5.74, 6) is 1.52. The summed E-state index contributed by atoms with van der Waals surface area (Å²) in [6.45, 7) is 3.72. The monoisotopic (exact) mass is 550 g/mol. The Hall–Kier alpha value is -5.43. The summed E-state index contributed by atoms with van der Waals surface area (Å²) >= 11 is 0. The molecule has 0 spiro atoms. The minimum Gasteiger partial charge on any atom is -0.416 e. The molecule has 0 unspecified atom stereocenters. The average molecular weight is 551 g/mol. The molecule has 0 bridgehead atoms. The summed E-state index contributed by atoms with van der Waals surface area (Å²) in [5, 5.41) is 28.3. The van der Waals surface area contributed by atoms with Crippen molar-refractivity contribution >= 4 is 28.6 Å². The van der Waals surface area contributed by atoms with Gasteiger partial charge in [0, 0.05) is 24.6 Å². The van der Waals surface area contributed by atoms with Crippen LogP contribution < -0.4 is 16.2 Å². The van der Waals surface area contributed by atoms with Gasteiger partial charge < -0.3 is 20.2 Å². The zero-order chi connectivity index (χ0) is 28.3. The molecule has 0 aliphatic heterocycles. The maximum Gasteiger partial charge on any atom is 0.273 e. The second kappa shape index (κ2) is 11.0. The largest absolute Gasteiger partial charge is 0.416 e. The minimum atomic E-state index is -0.478. The number of hydrogen-bond donors (Lipinski definition) is 4. The normalized spacial score (nSPS) is 12.1. The Morgan fingerprint density at radius 2 is 1.83 bits per heavy atom. The van der Waals surface area contributed by atoms with E-state index in [0.29, 0.717) is 39.7 Å². The van der Waals surface area contributed by atoms with Crippen LogP contribution in [0.2, 0.25) is 0 Å². The molecule has 6 rings (SSSR count). The summed E-state index contributed by atoms with van der Waals surface area (Å²) in [6.07, 6.45) is 4.84.